The molecule has 0 radical (unpaired) electrons. The van der Waals surface area contributed by atoms with E-state index in [1.807, 2.05) is 0 Å². The fraction of sp³-hybridized carbons (Fsp3) is 0.625. The second-order valence-electron chi connectivity index (χ2n) is 2.88. The van der Waals surface area contributed by atoms with Crippen LogP contribution in [-0.4, -0.2) is 24.3 Å². The van der Waals surface area contributed by atoms with E-state index in [0.29, 0.717) is 19.4 Å². The van der Waals surface area contributed by atoms with Gasteiger partial charge in [0, 0.05) is 12.0 Å². The Labute approximate surface area is 65.7 Å². The number of rotatable bonds is 3. The first-order valence-electron chi connectivity index (χ1n) is 3.62. The average molecular weight is 156 g/mol. The van der Waals surface area contributed by atoms with Crippen molar-refractivity contribution in [2.24, 2.45) is 5.41 Å². The molecule has 1 aliphatic heterocycles. The molecule has 0 bridgehead atoms. The fourth-order valence-electron chi connectivity index (χ4n) is 1.23. The standard InChI is InChI=1S/C8H12O3/c1-2-8(3-4-9)5-7(10)11-6-8/h2,9H,1,3-6H2/t8-/m0/s1. The first-order valence-corrected chi connectivity index (χ1v) is 3.62. The highest BCUT2D eigenvalue weighted by atomic mass is 16.5. The van der Waals surface area contributed by atoms with E-state index in [4.69, 9.17) is 9.84 Å². The van der Waals surface area contributed by atoms with Gasteiger partial charge in [0.25, 0.3) is 0 Å². The van der Waals surface area contributed by atoms with Gasteiger partial charge < -0.3 is 9.84 Å². The third-order valence-corrected chi connectivity index (χ3v) is 2.06. The average Bonchev–Trinajstić information content (AvgIpc) is 2.34. The van der Waals surface area contributed by atoms with Gasteiger partial charge in [-0.3, -0.25) is 4.79 Å². The van der Waals surface area contributed by atoms with Gasteiger partial charge in [0.15, 0.2) is 0 Å². The van der Waals surface area contributed by atoms with Gasteiger partial charge in [-0.25, -0.2) is 0 Å². The molecule has 1 heterocycles. The molecule has 1 aliphatic rings. The Hall–Kier alpha value is -0.830. The van der Waals surface area contributed by atoms with E-state index >= 15 is 0 Å². The third-order valence-electron chi connectivity index (χ3n) is 2.06. The van der Waals surface area contributed by atoms with Gasteiger partial charge >= 0.3 is 5.97 Å². The summed E-state index contributed by atoms with van der Waals surface area (Å²) < 4.78 is 4.79. The number of esters is 1. The second-order valence-corrected chi connectivity index (χ2v) is 2.88. The molecule has 62 valence electrons. The fourth-order valence-corrected chi connectivity index (χ4v) is 1.23. The highest BCUT2D eigenvalue weighted by molar-refractivity contribution is 5.73. The summed E-state index contributed by atoms with van der Waals surface area (Å²) in [6.07, 6.45) is 2.62. The highest BCUT2D eigenvalue weighted by Crippen LogP contribution is 2.33. The zero-order valence-electron chi connectivity index (χ0n) is 6.38. The summed E-state index contributed by atoms with van der Waals surface area (Å²) >= 11 is 0. The van der Waals surface area contributed by atoms with Crippen LogP contribution in [0.4, 0.5) is 0 Å². The van der Waals surface area contributed by atoms with E-state index in [9.17, 15) is 4.79 Å². The molecule has 3 heteroatoms. The number of aliphatic hydroxyl groups is 1. The van der Waals surface area contributed by atoms with Crippen molar-refractivity contribution in [3.63, 3.8) is 0 Å². The first-order chi connectivity index (χ1) is 5.22. The van der Waals surface area contributed by atoms with Crippen LogP contribution in [0.25, 0.3) is 0 Å². The number of carbonyl (C=O) groups excluding carboxylic acids is 1. The van der Waals surface area contributed by atoms with Crippen molar-refractivity contribution in [1.29, 1.82) is 0 Å². The Morgan fingerprint density at radius 3 is 2.91 bits per heavy atom. The maximum absolute atomic E-state index is 10.7. The SMILES string of the molecule is C=C[C@@]1(CCO)COC(=O)C1. The third kappa shape index (κ3) is 1.60. The molecule has 1 N–H and O–H groups in total. The van der Waals surface area contributed by atoms with E-state index in [1.165, 1.54) is 0 Å². The molecule has 0 unspecified atom stereocenters. The van der Waals surface area contributed by atoms with Gasteiger partial charge in [0.2, 0.25) is 0 Å². The number of aliphatic hydroxyl groups excluding tert-OH is 1. The van der Waals surface area contributed by atoms with E-state index in [2.05, 4.69) is 6.58 Å². The predicted molar refractivity (Wildman–Crippen MR) is 39.9 cm³/mol. The zero-order valence-corrected chi connectivity index (χ0v) is 6.38. The normalized spacial score (nSPS) is 30.1. The molecule has 0 aromatic carbocycles. The Kier molecular flexibility index (Phi) is 2.29. The van der Waals surface area contributed by atoms with Crippen LogP contribution >= 0.6 is 0 Å². The zero-order chi connectivity index (χ0) is 8.32. The van der Waals surface area contributed by atoms with Gasteiger partial charge in [0.1, 0.15) is 6.61 Å². The Bertz CT molecular complexity index is 176. The number of cyclic esters (lactones) is 1. The van der Waals surface area contributed by atoms with Crippen molar-refractivity contribution in [2.75, 3.05) is 13.2 Å². The Morgan fingerprint density at radius 2 is 2.55 bits per heavy atom. The van der Waals surface area contributed by atoms with Crippen LogP contribution in [0.3, 0.4) is 0 Å². The molecule has 3 nitrogen and oxygen atoms in total. The van der Waals surface area contributed by atoms with Crippen molar-refractivity contribution in [3.05, 3.63) is 12.7 Å². The van der Waals surface area contributed by atoms with Crippen molar-refractivity contribution >= 4 is 5.97 Å². The molecule has 0 spiro atoms. The van der Waals surface area contributed by atoms with Crippen LogP contribution in [0, 0.1) is 5.41 Å². The van der Waals surface area contributed by atoms with Crippen LogP contribution in [0.2, 0.25) is 0 Å². The molecule has 11 heavy (non-hydrogen) atoms. The Balaban J connectivity index is 2.61. The minimum atomic E-state index is -0.300. The van der Waals surface area contributed by atoms with Crippen LogP contribution in [0.5, 0.6) is 0 Å². The quantitative estimate of drug-likeness (QED) is 0.477. The molecule has 1 atom stereocenters. The van der Waals surface area contributed by atoms with Crippen molar-refractivity contribution in [1.82, 2.24) is 0 Å². The molecule has 0 amide bonds. The van der Waals surface area contributed by atoms with Crippen molar-refractivity contribution in [3.8, 4) is 0 Å². The number of carbonyl (C=O) groups is 1. The predicted octanol–water partition coefficient (Wildman–Crippen LogP) is 0.488. The first kappa shape index (κ1) is 8.27. The largest absolute Gasteiger partial charge is 0.465 e. The number of hydrogen-bond acceptors (Lipinski definition) is 3. The lowest BCUT2D eigenvalue weighted by Crippen LogP contribution is -2.19. The second kappa shape index (κ2) is 3.05. The minimum absolute atomic E-state index is 0.0721. The summed E-state index contributed by atoms with van der Waals surface area (Å²) in [6.45, 7) is 4.07. The molecule has 0 aromatic heterocycles. The smallest absolute Gasteiger partial charge is 0.306 e. The van der Waals surface area contributed by atoms with E-state index in [0.717, 1.165) is 0 Å². The van der Waals surface area contributed by atoms with Gasteiger partial charge in [-0.15, -0.1) is 6.58 Å². The molecule has 1 rings (SSSR count). The summed E-state index contributed by atoms with van der Waals surface area (Å²) in [4.78, 5) is 10.7. The summed E-state index contributed by atoms with van der Waals surface area (Å²) in [5.41, 5.74) is -0.300. The van der Waals surface area contributed by atoms with E-state index in [1.54, 1.807) is 6.08 Å². The monoisotopic (exact) mass is 156 g/mol. The van der Waals surface area contributed by atoms with Crippen LogP contribution in [0.1, 0.15) is 12.8 Å². The number of ether oxygens (including phenoxy) is 1. The maximum Gasteiger partial charge on any atom is 0.306 e. The summed E-state index contributed by atoms with van der Waals surface area (Å²) in [7, 11) is 0. The van der Waals surface area contributed by atoms with Gasteiger partial charge in [-0.1, -0.05) is 6.08 Å². The van der Waals surface area contributed by atoms with Gasteiger partial charge in [-0.2, -0.15) is 0 Å². The summed E-state index contributed by atoms with van der Waals surface area (Å²) in [5, 5.41) is 8.69. The van der Waals surface area contributed by atoms with E-state index < -0.39 is 0 Å². The lowest BCUT2D eigenvalue weighted by atomic mass is 9.84. The minimum Gasteiger partial charge on any atom is -0.465 e. The molecule has 0 aliphatic carbocycles. The van der Waals surface area contributed by atoms with Crippen LogP contribution in [0.15, 0.2) is 12.7 Å². The maximum atomic E-state index is 10.7. The van der Waals surface area contributed by atoms with Crippen molar-refractivity contribution < 1.29 is 14.6 Å². The van der Waals surface area contributed by atoms with Gasteiger partial charge in [-0.05, 0) is 6.42 Å². The molecule has 1 saturated heterocycles. The van der Waals surface area contributed by atoms with Crippen LogP contribution < -0.4 is 0 Å². The molecule has 1 fully saturated rings. The molecule has 0 aromatic rings. The van der Waals surface area contributed by atoms with Crippen LogP contribution in [-0.2, 0) is 9.53 Å². The number of hydrogen-bond donors (Lipinski definition) is 1. The molecular formula is C8H12O3. The summed E-state index contributed by atoms with van der Waals surface area (Å²) in [5.74, 6) is -0.196. The molecular weight excluding hydrogens is 144 g/mol. The van der Waals surface area contributed by atoms with Gasteiger partial charge in [0.05, 0.1) is 6.42 Å². The molecule has 0 saturated carbocycles. The summed E-state index contributed by atoms with van der Waals surface area (Å²) in [6, 6.07) is 0. The lowest BCUT2D eigenvalue weighted by Gasteiger charge is -2.18. The Morgan fingerprint density at radius 1 is 1.82 bits per heavy atom. The van der Waals surface area contributed by atoms with Crippen molar-refractivity contribution in [2.45, 2.75) is 12.8 Å². The highest BCUT2D eigenvalue weighted by Gasteiger charge is 2.36. The lowest BCUT2D eigenvalue weighted by molar-refractivity contribution is -0.137. The van der Waals surface area contributed by atoms with E-state index in [-0.39, 0.29) is 18.0 Å². The topological polar surface area (TPSA) is 46.5 Å².